The maximum absolute atomic E-state index is 12.9. The lowest BCUT2D eigenvalue weighted by Crippen LogP contribution is -2.10. The van der Waals surface area contributed by atoms with Gasteiger partial charge in [0.2, 0.25) is 0 Å². The molecule has 4 aromatic carbocycles. The summed E-state index contributed by atoms with van der Waals surface area (Å²) in [6.07, 6.45) is 0. The zero-order valence-electron chi connectivity index (χ0n) is 20.6. The van der Waals surface area contributed by atoms with Crippen LogP contribution in [0.25, 0.3) is 0 Å². The highest BCUT2D eigenvalue weighted by Crippen LogP contribution is 2.21. The lowest BCUT2D eigenvalue weighted by atomic mass is 10.0. The van der Waals surface area contributed by atoms with Crippen LogP contribution in [0.2, 0.25) is 0 Å². The van der Waals surface area contributed by atoms with Crippen molar-refractivity contribution in [3.8, 4) is 11.5 Å². The van der Waals surface area contributed by atoms with Crippen LogP contribution in [0, 0.1) is 27.7 Å². The average Bonchev–Trinajstić information content (AvgIpc) is 2.87. The van der Waals surface area contributed by atoms with Crippen molar-refractivity contribution in [2.45, 2.75) is 27.7 Å². The van der Waals surface area contributed by atoms with Gasteiger partial charge in [0, 0.05) is 11.1 Å². The molecule has 5 heteroatoms. The average molecular weight is 479 g/mol. The van der Waals surface area contributed by atoms with Crippen LogP contribution in [0.1, 0.15) is 58.9 Å². The van der Waals surface area contributed by atoms with Gasteiger partial charge in [-0.25, -0.2) is 9.59 Å². The summed E-state index contributed by atoms with van der Waals surface area (Å²) in [6, 6.07) is 23.6. The molecule has 0 aliphatic carbocycles. The highest BCUT2D eigenvalue weighted by Gasteiger charge is 2.14. The summed E-state index contributed by atoms with van der Waals surface area (Å²) in [6.45, 7) is 7.83. The first-order valence-electron chi connectivity index (χ1n) is 11.5. The number of hydrogen-bond acceptors (Lipinski definition) is 5. The van der Waals surface area contributed by atoms with Crippen LogP contribution in [-0.2, 0) is 0 Å². The molecule has 4 aromatic rings. The number of benzene rings is 4. The Hall–Kier alpha value is -4.51. The molecule has 0 saturated carbocycles. The van der Waals surface area contributed by atoms with Crippen molar-refractivity contribution < 1.29 is 23.9 Å². The molecule has 0 fully saturated rings. The third-order valence-corrected chi connectivity index (χ3v) is 6.14. The Kier molecular flexibility index (Phi) is 7.11. The van der Waals surface area contributed by atoms with Crippen LogP contribution in [0.4, 0.5) is 0 Å². The van der Waals surface area contributed by atoms with E-state index in [1.807, 2.05) is 39.8 Å². The monoisotopic (exact) mass is 478 g/mol. The fourth-order valence-electron chi connectivity index (χ4n) is 3.58. The fourth-order valence-corrected chi connectivity index (χ4v) is 3.58. The largest absolute Gasteiger partial charge is 0.423 e. The molecule has 0 aliphatic heterocycles. The van der Waals surface area contributed by atoms with Crippen LogP contribution in [0.5, 0.6) is 11.5 Å². The Morgan fingerprint density at radius 3 is 1.11 bits per heavy atom. The molecular weight excluding hydrogens is 452 g/mol. The molecule has 36 heavy (non-hydrogen) atoms. The van der Waals surface area contributed by atoms with E-state index in [0.29, 0.717) is 33.8 Å². The van der Waals surface area contributed by atoms with Gasteiger partial charge in [-0.15, -0.1) is 0 Å². The highest BCUT2D eigenvalue weighted by molar-refractivity contribution is 6.09. The molecule has 0 radical (unpaired) electrons. The molecule has 0 heterocycles. The quantitative estimate of drug-likeness (QED) is 0.178. The second-order valence-corrected chi connectivity index (χ2v) is 8.75. The van der Waals surface area contributed by atoms with E-state index < -0.39 is 11.9 Å². The first kappa shape index (κ1) is 24.6. The molecule has 4 rings (SSSR count). The number of carbonyl (C=O) groups excluding carboxylic acids is 3. The molecule has 0 N–H and O–H groups in total. The molecular formula is C31H26O5. The van der Waals surface area contributed by atoms with Gasteiger partial charge in [0.1, 0.15) is 11.5 Å². The van der Waals surface area contributed by atoms with Gasteiger partial charge >= 0.3 is 11.9 Å². The van der Waals surface area contributed by atoms with Gasteiger partial charge in [-0.05, 0) is 123 Å². The molecule has 0 unspecified atom stereocenters. The van der Waals surface area contributed by atoms with Crippen molar-refractivity contribution in [3.05, 3.63) is 129 Å². The van der Waals surface area contributed by atoms with Crippen LogP contribution < -0.4 is 9.47 Å². The molecule has 0 bridgehead atoms. The van der Waals surface area contributed by atoms with E-state index in [-0.39, 0.29) is 5.78 Å². The van der Waals surface area contributed by atoms with Gasteiger partial charge in [0.05, 0.1) is 11.1 Å². The highest BCUT2D eigenvalue weighted by atomic mass is 16.5. The summed E-state index contributed by atoms with van der Waals surface area (Å²) in [5.74, 6) is -0.410. The molecule has 5 nitrogen and oxygen atoms in total. The van der Waals surface area contributed by atoms with Crippen LogP contribution >= 0.6 is 0 Å². The van der Waals surface area contributed by atoms with E-state index in [4.69, 9.17) is 9.47 Å². The Bertz CT molecular complexity index is 1340. The van der Waals surface area contributed by atoms with Crippen molar-refractivity contribution in [2.75, 3.05) is 0 Å². The standard InChI is InChI=1S/C31H26O5/c1-19-5-7-25(17-21(19)3)30(33)35-27-13-9-23(10-14-27)29(32)24-11-15-28(16-12-24)36-31(34)26-8-6-20(2)22(4)18-26/h5-18H,1-4H3. The lowest BCUT2D eigenvalue weighted by Gasteiger charge is -2.08. The van der Waals surface area contributed by atoms with Gasteiger partial charge in [-0.3, -0.25) is 4.79 Å². The first-order valence-corrected chi connectivity index (χ1v) is 11.5. The minimum atomic E-state index is -0.455. The third kappa shape index (κ3) is 5.58. The number of rotatable bonds is 6. The summed E-state index contributed by atoms with van der Waals surface area (Å²) < 4.78 is 10.9. The van der Waals surface area contributed by atoms with Crippen LogP contribution in [0.3, 0.4) is 0 Å². The van der Waals surface area contributed by atoms with Crippen molar-refractivity contribution in [1.29, 1.82) is 0 Å². The number of ether oxygens (including phenoxy) is 2. The third-order valence-electron chi connectivity index (χ3n) is 6.14. The number of hydrogen-bond donors (Lipinski definition) is 0. The summed E-state index contributed by atoms with van der Waals surface area (Å²) in [5.41, 5.74) is 6.05. The predicted octanol–water partition coefficient (Wildman–Crippen LogP) is 6.59. The maximum Gasteiger partial charge on any atom is 0.343 e. The topological polar surface area (TPSA) is 69.7 Å². The van der Waals surface area contributed by atoms with E-state index in [0.717, 1.165) is 22.3 Å². The molecule has 0 amide bonds. The van der Waals surface area contributed by atoms with E-state index in [2.05, 4.69) is 0 Å². The van der Waals surface area contributed by atoms with Crippen molar-refractivity contribution in [1.82, 2.24) is 0 Å². The van der Waals surface area contributed by atoms with E-state index in [9.17, 15) is 14.4 Å². The summed E-state index contributed by atoms with van der Waals surface area (Å²) in [4.78, 5) is 37.7. The van der Waals surface area contributed by atoms with Crippen molar-refractivity contribution in [2.24, 2.45) is 0 Å². The second-order valence-electron chi connectivity index (χ2n) is 8.75. The minimum absolute atomic E-state index is 0.200. The Morgan fingerprint density at radius 1 is 0.444 bits per heavy atom. The molecule has 180 valence electrons. The van der Waals surface area contributed by atoms with Crippen LogP contribution in [0.15, 0.2) is 84.9 Å². The number of ketones is 1. The second kappa shape index (κ2) is 10.4. The lowest BCUT2D eigenvalue weighted by molar-refractivity contribution is 0.0725. The minimum Gasteiger partial charge on any atom is -0.423 e. The first-order chi connectivity index (χ1) is 17.2. The van der Waals surface area contributed by atoms with Crippen LogP contribution in [-0.4, -0.2) is 17.7 Å². The SMILES string of the molecule is Cc1ccc(C(=O)Oc2ccc(C(=O)c3ccc(OC(=O)c4ccc(C)c(C)c4)cc3)cc2)cc1C. The fraction of sp³-hybridized carbons (Fsp3) is 0.129. The van der Waals surface area contributed by atoms with Gasteiger partial charge in [0.25, 0.3) is 0 Å². The maximum atomic E-state index is 12.9. The Morgan fingerprint density at radius 2 is 0.778 bits per heavy atom. The van der Waals surface area contributed by atoms with Gasteiger partial charge in [-0.1, -0.05) is 12.1 Å². The number of aryl methyl sites for hydroxylation is 4. The number of carbonyl (C=O) groups is 3. The molecule has 0 saturated heterocycles. The predicted molar refractivity (Wildman–Crippen MR) is 138 cm³/mol. The summed E-state index contributed by atoms with van der Waals surface area (Å²) in [5, 5.41) is 0. The smallest absolute Gasteiger partial charge is 0.343 e. The normalized spacial score (nSPS) is 10.6. The molecule has 0 aliphatic rings. The van der Waals surface area contributed by atoms with Gasteiger partial charge < -0.3 is 9.47 Å². The molecule has 0 aromatic heterocycles. The Labute approximate surface area is 210 Å². The van der Waals surface area contributed by atoms with Gasteiger partial charge in [0.15, 0.2) is 5.78 Å². The molecule has 0 atom stereocenters. The summed E-state index contributed by atoms with van der Waals surface area (Å²) >= 11 is 0. The molecule has 0 spiro atoms. The zero-order chi connectivity index (χ0) is 25.8. The van der Waals surface area contributed by atoms with Crippen molar-refractivity contribution in [3.63, 3.8) is 0 Å². The summed E-state index contributed by atoms with van der Waals surface area (Å²) in [7, 11) is 0. The van der Waals surface area contributed by atoms with Crippen molar-refractivity contribution >= 4 is 17.7 Å². The van der Waals surface area contributed by atoms with E-state index in [1.54, 1.807) is 72.8 Å². The Balaban J connectivity index is 1.39. The van der Waals surface area contributed by atoms with E-state index in [1.165, 1.54) is 0 Å². The van der Waals surface area contributed by atoms with E-state index >= 15 is 0 Å². The number of esters is 2. The zero-order valence-corrected chi connectivity index (χ0v) is 20.6. The van der Waals surface area contributed by atoms with Gasteiger partial charge in [-0.2, -0.15) is 0 Å².